The van der Waals surface area contributed by atoms with E-state index in [0.717, 1.165) is 38.3 Å². The van der Waals surface area contributed by atoms with Gasteiger partial charge in [-0.25, -0.2) is 14.8 Å². The second-order valence-corrected chi connectivity index (χ2v) is 8.77. The number of amides is 2. The molecule has 2 amide bonds. The van der Waals surface area contributed by atoms with Crippen LogP contribution in [0.15, 0.2) is 54.9 Å². The number of likely N-dealkylation sites (N-methyl/N-ethyl adjacent to an activating group) is 1. The Kier molecular flexibility index (Phi) is 7.92. The smallest absolute Gasteiger partial charge is 0.416 e. The highest BCUT2D eigenvalue weighted by Crippen LogP contribution is 2.32. The standard InChI is InChI=1S/C24H24ClF3N6O2/c1-33-6-8-34(9-7-33)14-16-10-17(24(26,27)28)12-19(11-16)32-23(35)31-18-2-4-20(5-3-18)36-22-13-21(25)29-15-30-22/h2-5,10-13,15H,6-9,14H2,1H3,(H2,31,32,35). The molecule has 0 radical (unpaired) electrons. The van der Waals surface area contributed by atoms with Crippen LogP contribution in [0.4, 0.5) is 29.3 Å². The molecular weight excluding hydrogens is 497 g/mol. The van der Waals surface area contributed by atoms with Crippen LogP contribution in [0.5, 0.6) is 11.6 Å². The first-order chi connectivity index (χ1) is 17.1. The summed E-state index contributed by atoms with van der Waals surface area (Å²) in [7, 11) is 2.01. The van der Waals surface area contributed by atoms with Crippen molar-refractivity contribution in [3.05, 3.63) is 71.1 Å². The van der Waals surface area contributed by atoms with E-state index in [4.69, 9.17) is 16.3 Å². The lowest BCUT2D eigenvalue weighted by Gasteiger charge is -2.32. The summed E-state index contributed by atoms with van der Waals surface area (Å²) in [6.07, 6.45) is -3.27. The SMILES string of the molecule is CN1CCN(Cc2cc(NC(=O)Nc3ccc(Oc4cc(Cl)ncn4)cc3)cc(C(F)(F)F)c2)CC1. The van der Waals surface area contributed by atoms with Gasteiger partial charge in [0.15, 0.2) is 0 Å². The maximum absolute atomic E-state index is 13.5. The molecule has 0 aliphatic carbocycles. The number of alkyl halides is 3. The largest absolute Gasteiger partial charge is 0.439 e. The minimum atomic E-state index is -4.53. The first-order valence-electron chi connectivity index (χ1n) is 11.1. The fraction of sp³-hybridized carbons (Fsp3) is 0.292. The lowest BCUT2D eigenvalue weighted by Crippen LogP contribution is -2.43. The Morgan fingerprint density at radius 3 is 2.36 bits per heavy atom. The van der Waals surface area contributed by atoms with Crippen LogP contribution in [0.25, 0.3) is 0 Å². The molecule has 1 saturated heterocycles. The fourth-order valence-corrected chi connectivity index (χ4v) is 3.81. The second kappa shape index (κ2) is 11.1. The van der Waals surface area contributed by atoms with E-state index >= 15 is 0 Å². The van der Waals surface area contributed by atoms with Gasteiger partial charge >= 0.3 is 12.2 Å². The van der Waals surface area contributed by atoms with E-state index in [1.165, 1.54) is 12.4 Å². The van der Waals surface area contributed by atoms with Crippen molar-refractivity contribution in [2.45, 2.75) is 12.7 Å². The Hall–Kier alpha value is -3.41. The molecule has 0 bridgehead atoms. The molecule has 0 atom stereocenters. The lowest BCUT2D eigenvalue weighted by molar-refractivity contribution is -0.137. The van der Waals surface area contributed by atoms with E-state index in [-0.39, 0.29) is 16.7 Å². The molecule has 12 heteroatoms. The molecule has 8 nitrogen and oxygen atoms in total. The third kappa shape index (κ3) is 7.30. The monoisotopic (exact) mass is 520 g/mol. The van der Waals surface area contributed by atoms with Gasteiger partial charge in [0.2, 0.25) is 5.88 Å². The number of carbonyl (C=O) groups is 1. The van der Waals surface area contributed by atoms with E-state index in [0.29, 0.717) is 23.5 Å². The van der Waals surface area contributed by atoms with Crippen LogP contribution >= 0.6 is 11.6 Å². The summed E-state index contributed by atoms with van der Waals surface area (Å²) < 4.78 is 46.1. The number of hydrogen-bond donors (Lipinski definition) is 2. The van der Waals surface area contributed by atoms with Crippen molar-refractivity contribution in [1.82, 2.24) is 19.8 Å². The van der Waals surface area contributed by atoms with Gasteiger partial charge in [0.1, 0.15) is 17.2 Å². The molecule has 2 aromatic carbocycles. The molecule has 1 aliphatic rings. The topological polar surface area (TPSA) is 82.6 Å². The van der Waals surface area contributed by atoms with Gasteiger partial charge in [-0.15, -0.1) is 0 Å². The highest BCUT2D eigenvalue weighted by Gasteiger charge is 2.31. The number of benzene rings is 2. The van der Waals surface area contributed by atoms with Gasteiger partial charge in [0.05, 0.1) is 5.56 Å². The molecule has 3 aromatic rings. The Morgan fingerprint density at radius 1 is 1.00 bits per heavy atom. The number of rotatable bonds is 6. The van der Waals surface area contributed by atoms with Crippen molar-refractivity contribution in [3.8, 4) is 11.6 Å². The zero-order valence-electron chi connectivity index (χ0n) is 19.3. The number of carbonyl (C=O) groups excluding carboxylic acids is 1. The Labute approximate surface area is 211 Å². The molecule has 190 valence electrons. The maximum atomic E-state index is 13.5. The van der Waals surface area contributed by atoms with Crippen molar-refractivity contribution in [1.29, 1.82) is 0 Å². The second-order valence-electron chi connectivity index (χ2n) is 8.38. The van der Waals surface area contributed by atoms with Crippen LogP contribution in [-0.4, -0.2) is 59.0 Å². The first kappa shape index (κ1) is 25.7. The molecule has 2 heterocycles. The average molecular weight is 521 g/mol. The normalized spacial score (nSPS) is 14.9. The molecule has 4 rings (SSSR count). The Bertz CT molecular complexity index is 1200. The predicted molar refractivity (Wildman–Crippen MR) is 130 cm³/mol. The minimum absolute atomic E-state index is 0.0621. The van der Waals surface area contributed by atoms with Crippen LogP contribution in [0.3, 0.4) is 0 Å². The highest BCUT2D eigenvalue weighted by molar-refractivity contribution is 6.29. The van der Waals surface area contributed by atoms with Gasteiger partial charge in [-0.05, 0) is 55.1 Å². The third-order valence-electron chi connectivity index (χ3n) is 5.52. The van der Waals surface area contributed by atoms with Crippen molar-refractivity contribution < 1.29 is 22.7 Å². The summed E-state index contributed by atoms with van der Waals surface area (Å²) >= 11 is 5.81. The van der Waals surface area contributed by atoms with E-state index in [1.54, 1.807) is 30.3 Å². The van der Waals surface area contributed by atoms with Crippen LogP contribution in [-0.2, 0) is 12.7 Å². The zero-order valence-corrected chi connectivity index (χ0v) is 20.1. The zero-order chi connectivity index (χ0) is 25.7. The number of aromatic nitrogens is 2. The summed E-state index contributed by atoms with van der Waals surface area (Å²) in [5, 5.41) is 5.35. The van der Waals surface area contributed by atoms with Crippen LogP contribution in [0.2, 0.25) is 5.15 Å². The number of nitrogens with one attached hydrogen (secondary N) is 2. The Balaban J connectivity index is 1.41. The third-order valence-corrected chi connectivity index (χ3v) is 5.73. The summed E-state index contributed by atoms with van der Waals surface area (Å²) in [4.78, 5) is 24.5. The lowest BCUT2D eigenvalue weighted by atomic mass is 10.1. The maximum Gasteiger partial charge on any atom is 0.416 e. The number of halogens is 4. The van der Waals surface area contributed by atoms with Crippen molar-refractivity contribution in [2.75, 3.05) is 43.9 Å². The van der Waals surface area contributed by atoms with Crippen LogP contribution in [0.1, 0.15) is 11.1 Å². The van der Waals surface area contributed by atoms with Gasteiger partial charge < -0.3 is 20.3 Å². The number of nitrogens with zero attached hydrogens (tertiary/aromatic N) is 4. The summed E-state index contributed by atoms with van der Waals surface area (Å²) in [6, 6.07) is 10.8. The van der Waals surface area contributed by atoms with Crippen LogP contribution in [0, 0.1) is 0 Å². The number of anilines is 2. The van der Waals surface area contributed by atoms with E-state index in [1.807, 2.05) is 7.05 Å². The number of urea groups is 1. The molecule has 1 aromatic heterocycles. The molecule has 0 unspecified atom stereocenters. The van der Waals surface area contributed by atoms with Gasteiger partial charge in [0.25, 0.3) is 0 Å². The molecule has 1 aliphatic heterocycles. The molecule has 36 heavy (non-hydrogen) atoms. The van der Waals surface area contributed by atoms with Gasteiger partial charge in [0, 0.05) is 50.2 Å². The number of hydrogen-bond acceptors (Lipinski definition) is 6. The fourth-order valence-electron chi connectivity index (χ4n) is 3.68. The molecule has 0 saturated carbocycles. The van der Waals surface area contributed by atoms with Gasteiger partial charge in [-0.3, -0.25) is 4.90 Å². The average Bonchev–Trinajstić information content (AvgIpc) is 2.81. The predicted octanol–water partition coefficient (Wildman–Crippen LogP) is 5.33. The molecule has 2 N–H and O–H groups in total. The van der Waals surface area contributed by atoms with E-state index in [2.05, 4.69) is 30.4 Å². The highest BCUT2D eigenvalue weighted by atomic mass is 35.5. The summed E-state index contributed by atoms with van der Waals surface area (Å²) in [6.45, 7) is 3.60. The van der Waals surface area contributed by atoms with E-state index < -0.39 is 17.8 Å². The molecular formula is C24H24ClF3N6O2. The van der Waals surface area contributed by atoms with Crippen molar-refractivity contribution >= 4 is 29.0 Å². The van der Waals surface area contributed by atoms with Crippen molar-refractivity contribution in [3.63, 3.8) is 0 Å². The number of ether oxygens (including phenoxy) is 1. The van der Waals surface area contributed by atoms with Crippen molar-refractivity contribution in [2.24, 2.45) is 0 Å². The number of piperazine rings is 1. The minimum Gasteiger partial charge on any atom is -0.439 e. The summed E-state index contributed by atoms with van der Waals surface area (Å²) in [5.74, 6) is 0.701. The van der Waals surface area contributed by atoms with E-state index in [9.17, 15) is 18.0 Å². The first-order valence-corrected chi connectivity index (χ1v) is 11.5. The molecule has 1 fully saturated rings. The Morgan fingerprint density at radius 2 is 1.69 bits per heavy atom. The van der Waals surface area contributed by atoms with Gasteiger partial charge in [-0.1, -0.05) is 11.6 Å². The summed E-state index contributed by atoms with van der Waals surface area (Å²) in [5.41, 5.74) is 0.156. The quantitative estimate of drug-likeness (QED) is 0.427. The van der Waals surface area contributed by atoms with Crippen LogP contribution < -0.4 is 15.4 Å². The van der Waals surface area contributed by atoms with Gasteiger partial charge in [-0.2, -0.15) is 13.2 Å². The molecule has 0 spiro atoms.